The van der Waals surface area contributed by atoms with Crippen LogP contribution in [0.15, 0.2) is 59.9 Å². The molecule has 164 valence electrons. The molecule has 31 heavy (non-hydrogen) atoms. The van der Waals surface area contributed by atoms with Gasteiger partial charge in [0.25, 0.3) is 0 Å². The lowest BCUT2D eigenvalue weighted by Crippen LogP contribution is -2.36. The van der Waals surface area contributed by atoms with Gasteiger partial charge in [-0.3, -0.25) is 4.99 Å². The summed E-state index contributed by atoms with van der Waals surface area (Å²) in [5.41, 5.74) is 2.76. The Kier molecular flexibility index (Phi) is 7.83. The smallest absolute Gasteiger partial charge is 0.387 e. The minimum Gasteiger partial charge on any atom is -0.434 e. The highest BCUT2D eigenvalue weighted by Crippen LogP contribution is 2.24. The van der Waals surface area contributed by atoms with E-state index in [1.54, 1.807) is 19.3 Å². The molecule has 1 aromatic heterocycles. The zero-order valence-corrected chi connectivity index (χ0v) is 18.0. The fourth-order valence-corrected chi connectivity index (χ4v) is 3.28. The van der Waals surface area contributed by atoms with Gasteiger partial charge >= 0.3 is 6.61 Å². The van der Waals surface area contributed by atoms with Crippen LogP contribution in [0, 0.1) is 6.92 Å². The number of aromatic nitrogens is 2. The molecule has 9 heteroatoms. The molecule has 0 spiro atoms. The van der Waals surface area contributed by atoms with Crippen LogP contribution < -0.4 is 15.4 Å². The van der Waals surface area contributed by atoms with Crippen LogP contribution in [0.2, 0.25) is 5.02 Å². The Hall–Kier alpha value is -3.13. The number of nitrogens with zero attached hydrogens (tertiary/aromatic N) is 3. The summed E-state index contributed by atoms with van der Waals surface area (Å²) < 4.78 is 31.9. The maximum atomic E-state index is 12.6. The van der Waals surface area contributed by atoms with Gasteiger partial charge in [-0.2, -0.15) is 8.78 Å². The number of nitrogens with one attached hydrogen (secondary N) is 2. The fraction of sp³-hybridized carbons (Fsp3) is 0.273. The van der Waals surface area contributed by atoms with E-state index in [0.717, 1.165) is 23.5 Å². The maximum Gasteiger partial charge on any atom is 0.387 e. The molecule has 0 aliphatic rings. The van der Waals surface area contributed by atoms with Crippen molar-refractivity contribution < 1.29 is 13.5 Å². The average molecular weight is 448 g/mol. The second-order valence-electron chi connectivity index (χ2n) is 6.83. The number of rotatable bonds is 8. The Morgan fingerprint density at radius 2 is 1.94 bits per heavy atom. The van der Waals surface area contributed by atoms with Gasteiger partial charge in [0.2, 0.25) is 0 Å². The van der Waals surface area contributed by atoms with Crippen molar-refractivity contribution in [3.05, 3.63) is 82.4 Å². The largest absolute Gasteiger partial charge is 0.434 e. The van der Waals surface area contributed by atoms with Gasteiger partial charge in [0.05, 0.1) is 0 Å². The van der Waals surface area contributed by atoms with Gasteiger partial charge in [-0.05, 0) is 36.2 Å². The van der Waals surface area contributed by atoms with Gasteiger partial charge in [-0.1, -0.05) is 35.9 Å². The standard InChI is InChI=1S/C22H24ClF2N5O/c1-15-27-8-9-30(15)14-17-5-3-4-16(10-17)12-28-22(26-2)29-13-18-11-19(23)6-7-20(18)31-21(24)25/h3-11,21H,12-14H2,1-2H3,(H2,26,28,29). The summed E-state index contributed by atoms with van der Waals surface area (Å²) in [6.07, 6.45) is 3.74. The fourth-order valence-electron chi connectivity index (χ4n) is 3.09. The number of guanidine groups is 1. The van der Waals surface area contributed by atoms with Crippen LogP contribution in [-0.4, -0.2) is 29.2 Å². The summed E-state index contributed by atoms with van der Waals surface area (Å²) in [4.78, 5) is 8.43. The molecule has 0 saturated heterocycles. The molecular weight excluding hydrogens is 424 g/mol. The van der Waals surface area contributed by atoms with Gasteiger partial charge in [0.1, 0.15) is 11.6 Å². The summed E-state index contributed by atoms with van der Waals surface area (Å²) in [5.74, 6) is 1.56. The quantitative estimate of drug-likeness (QED) is 0.398. The number of ether oxygens (including phenoxy) is 1. The number of alkyl halides is 2. The van der Waals surface area contributed by atoms with Crippen molar-refractivity contribution in [2.24, 2.45) is 4.99 Å². The zero-order chi connectivity index (χ0) is 22.2. The summed E-state index contributed by atoms with van der Waals surface area (Å²) in [5, 5.41) is 6.76. The van der Waals surface area contributed by atoms with E-state index in [1.165, 1.54) is 12.1 Å². The predicted molar refractivity (Wildman–Crippen MR) is 118 cm³/mol. The molecule has 3 rings (SSSR count). The Balaban J connectivity index is 1.59. The number of aryl methyl sites for hydroxylation is 1. The van der Waals surface area contributed by atoms with Crippen molar-refractivity contribution in [1.29, 1.82) is 0 Å². The Morgan fingerprint density at radius 3 is 2.65 bits per heavy atom. The minimum absolute atomic E-state index is 0.0739. The second-order valence-corrected chi connectivity index (χ2v) is 7.27. The first-order chi connectivity index (χ1) is 14.9. The predicted octanol–water partition coefficient (Wildman–Crippen LogP) is 4.36. The van der Waals surface area contributed by atoms with Gasteiger partial charge in [-0.15, -0.1) is 0 Å². The van der Waals surface area contributed by atoms with Crippen LogP contribution in [0.4, 0.5) is 8.78 Å². The number of benzene rings is 2. The number of aliphatic imine (C=N–C) groups is 1. The highest BCUT2D eigenvalue weighted by Gasteiger charge is 2.11. The molecule has 6 nitrogen and oxygen atoms in total. The van der Waals surface area contributed by atoms with E-state index in [-0.39, 0.29) is 12.3 Å². The summed E-state index contributed by atoms with van der Waals surface area (Å²) >= 11 is 6.00. The van der Waals surface area contributed by atoms with E-state index in [1.807, 2.05) is 25.3 Å². The lowest BCUT2D eigenvalue weighted by molar-refractivity contribution is -0.0504. The zero-order valence-electron chi connectivity index (χ0n) is 17.3. The van der Waals surface area contributed by atoms with E-state index in [9.17, 15) is 8.78 Å². The minimum atomic E-state index is -2.91. The van der Waals surface area contributed by atoms with Crippen molar-refractivity contribution in [2.45, 2.75) is 33.2 Å². The molecule has 2 aromatic carbocycles. The third-order valence-electron chi connectivity index (χ3n) is 4.64. The number of halogens is 3. The molecule has 0 atom stereocenters. The molecule has 0 fully saturated rings. The molecule has 0 aliphatic carbocycles. The molecule has 0 amide bonds. The summed E-state index contributed by atoms with van der Waals surface area (Å²) in [6, 6.07) is 12.7. The van der Waals surface area contributed by atoms with Crippen LogP contribution in [0.3, 0.4) is 0 Å². The first-order valence-electron chi connectivity index (χ1n) is 9.68. The molecular formula is C22H24ClF2N5O. The second kappa shape index (κ2) is 10.8. The normalized spacial score (nSPS) is 11.6. The van der Waals surface area contributed by atoms with Crippen molar-refractivity contribution in [2.75, 3.05) is 7.05 Å². The third-order valence-corrected chi connectivity index (χ3v) is 4.87. The maximum absolute atomic E-state index is 12.6. The Labute approximate surface area is 184 Å². The number of hydrogen-bond donors (Lipinski definition) is 2. The molecule has 0 saturated carbocycles. The lowest BCUT2D eigenvalue weighted by Gasteiger charge is -2.15. The van der Waals surface area contributed by atoms with Crippen molar-refractivity contribution in [3.63, 3.8) is 0 Å². The van der Waals surface area contributed by atoms with E-state index in [0.29, 0.717) is 23.1 Å². The van der Waals surface area contributed by atoms with Gasteiger partial charge in [-0.25, -0.2) is 4.98 Å². The summed E-state index contributed by atoms with van der Waals surface area (Å²) in [6.45, 7) is 0.581. The molecule has 0 radical (unpaired) electrons. The van der Waals surface area contributed by atoms with Gasteiger partial charge in [0.15, 0.2) is 5.96 Å². The van der Waals surface area contributed by atoms with Gasteiger partial charge in [0, 0.05) is 49.7 Å². The van der Waals surface area contributed by atoms with Crippen LogP contribution in [0.25, 0.3) is 0 Å². The van der Waals surface area contributed by atoms with Crippen LogP contribution in [-0.2, 0) is 19.6 Å². The summed E-state index contributed by atoms with van der Waals surface area (Å²) in [7, 11) is 1.64. The van der Waals surface area contributed by atoms with Crippen LogP contribution >= 0.6 is 11.6 Å². The van der Waals surface area contributed by atoms with E-state index in [4.69, 9.17) is 11.6 Å². The molecule has 1 heterocycles. The molecule has 2 N–H and O–H groups in total. The van der Waals surface area contributed by atoms with E-state index in [2.05, 4.69) is 42.0 Å². The molecule has 0 bridgehead atoms. The monoisotopic (exact) mass is 447 g/mol. The van der Waals surface area contributed by atoms with E-state index < -0.39 is 6.61 Å². The van der Waals surface area contributed by atoms with Gasteiger partial charge < -0.3 is 19.9 Å². The molecule has 0 unspecified atom stereocenters. The number of imidazole rings is 1. The Bertz CT molecular complexity index is 1040. The Morgan fingerprint density at radius 1 is 1.16 bits per heavy atom. The first kappa shape index (κ1) is 22.6. The first-order valence-corrected chi connectivity index (χ1v) is 10.1. The van der Waals surface area contributed by atoms with Crippen molar-refractivity contribution >= 4 is 17.6 Å². The van der Waals surface area contributed by atoms with Crippen LogP contribution in [0.5, 0.6) is 5.75 Å². The average Bonchev–Trinajstić information content (AvgIpc) is 3.14. The highest BCUT2D eigenvalue weighted by atomic mass is 35.5. The number of hydrogen-bond acceptors (Lipinski definition) is 3. The van der Waals surface area contributed by atoms with E-state index >= 15 is 0 Å². The van der Waals surface area contributed by atoms with Crippen molar-refractivity contribution in [3.8, 4) is 5.75 Å². The molecule has 3 aromatic rings. The van der Waals surface area contributed by atoms with Crippen LogP contribution in [0.1, 0.15) is 22.5 Å². The third kappa shape index (κ3) is 6.68. The molecule has 0 aliphatic heterocycles. The SMILES string of the molecule is CN=C(NCc1cccc(Cn2ccnc2C)c1)NCc1cc(Cl)ccc1OC(F)F. The topological polar surface area (TPSA) is 63.5 Å². The van der Waals surface area contributed by atoms with Crippen molar-refractivity contribution in [1.82, 2.24) is 20.2 Å². The highest BCUT2D eigenvalue weighted by molar-refractivity contribution is 6.30. The lowest BCUT2D eigenvalue weighted by atomic mass is 10.1.